The zero-order valence-electron chi connectivity index (χ0n) is 37.5. The van der Waals surface area contributed by atoms with Gasteiger partial charge in [-0.05, 0) is 54.5 Å². The molecule has 0 spiro atoms. The van der Waals surface area contributed by atoms with Crippen LogP contribution >= 0.6 is 0 Å². The van der Waals surface area contributed by atoms with E-state index in [0.717, 1.165) is 40.7 Å². The molecule has 0 bridgehead atoms. The number of imidazole rings is 1. The number of nitrogens with zero attached hydrogens (tertiary/aromatic N) is 6. The van der Waals surface area contributed by atoms with Crippen LogP contribution in [0.1, 0.15) is 85.7 Å². The van der Waals surface area contributed by atoms with Crippen LogP contribution < -0.4 is 10.6 Å². The number of carbonyl (C=O) groups is 4. The number of hydrogen-bond acceptors (Lipinski definition) is 10. The lowest BCUT2D eigenvalue weighted by atomic mass is 9.81. The van der Waals surface area contributed by atoms with Crippen LogP contribution in [0.4, 0.5) is 32.8 Å². The van der Waals surface area contributed by atoms with Gasteiger partial charge in [0.05, 0.1) is 79.9 Å². The van der Waals surface area contributed by atoms with Crippen molar-refractivity contribution >= 4 is 46.4 Å². The molecule has 0 aliphatic carbocycles. The first-order chi connectivity index (χ1) is 29.7. The second kappa shape index (κ2) is 15.8. The fourth-order valence-electron chi connectivity index (χ4n) is 8.85. The van der Waals surface area contributed by atoms with Crippen LogP contribution in [0.2, 0.25) is 0 Å². The van der Waals surface area contributed by atoms with E-state index < -0.39 is 95.8 Å². The van der Waals surface area contributed by atoms with Gasteiger partial charge in [-0.3, -0.25) is 34.3 Å². The molecule has 342 valence electrons. The van der Waals surface area contributed by atoms with Crippen molar-refractivity contribution in [3.05, 3.63) is 60.2 Å². The van der Waals surface area contributed by atoms with Crippen LogP contribution in [0.5, 0.6) is 0 Å². The molecule has 2 unspecified atom stereocenters. The minimum atomic E-state index is -3.28. The largest absolute Gasteiger partial charge is 0.453 e. The van der Waals surface area contributed by atoms with Gasteiger partial charge in [-0.2, -0.15) is 0 Å². The van der Waals surface area contributed by atoms with Crippen molar-refractivity contribution in [3.63, 3.8) is 0 Å². The smallest absolute Gasteiger partial charge is 0.410 e. The van der Waals surface area contributed by atoms with Crippen LogP contribution in [0.25, 0.3) is 33.5 Å². The molecule has 0 radical (unpaired) electrons. The Bertz CT molecular complexity index is 2550. The van der Waals surface area contributed by atoms with Gasteiger partial charge in [0.2, 0.25) is 11.8 Å². The number of aromatic nitrogens is 4. The number of H-pyrrole nitrogens is 1. The van der Waals surface area contributed by atoms with Crippen LogP contribution in [0.15, 0.2) is 53.8 Å². The molecule has 3 aliphatic heterocycles. The highest BCUT2D eigenvalue weighted by Gasteiger charge is 2.60. The Balaban J connectivity index is 1.07. The lowest BCUT2D eigenvalue weighted by molar-refractivity contribution is -0.132. The summed E-state index contributed by atoms with van der Waals surface area (Å²) in [6.45, 7) is 12.1. The van der Waals surface area contributed by atoms with Crippen LogP contribution in [0.3, 0.4) is 0 Å². The zero-order valence-corrected chi connectivity index (χ0v) is 37.5. The summed E-state index contributed by atoms with van der Waals surface area (Å²) in [5.41, 5.74) is 1.15. The van der Waals surface area contributed by atoms with Crippen LogP contribution in [-0.4, -0.2) is 116 Å². The Hall–Kier alpha value is -6.14. The summed E-state index contributed by atoms with van der Waals surface area (Å²) in [5, 5.41) is 5.84. The van der Waals surface area contributed by atoms with Crippen molar-refractivity contribution < 1.29 is 46.2 Å². The van der Waals surface area contributed by atoms with Gasteiger partial charge in [0.15, 0.2) is 0 Å². The lowest BCUT2D eigenvalue weighted by Gasteiger charge is -2.37. The number of nitrogens with one attached hydrogen (secondary N) is 3. The number of rotatable bonds is 8. The molecule has 2 saturated heterocycles. The lowest BCUT2D eigenvalue weighted by Crippen LogP contribution is -2.60. The summed E-state index contributed by atoms with van der Waals surface area (Å²) >= 11 is 0. The number of carbonyl (C=O) groups excluding carboxylic acids is 4. The van der Waals surface area contributed by atoms with Crippen molar-refractivity contribution in [3.8, 4) is 22.5 Å². The quantitative estimate of drug-likeness (QED) is 0.149. The molecule has 0 saturated carbocycles. The first-order valence-corrected chi connectivity index (χ1v) is 20.8. The standard InChI is InChI=1S/C45H53F4N9O6/c1-40(2,3)33(55-36(59)42(7)20-44(46,47)22-57(42)38(61)63-9)30-17-26-15-24(11-13-27(26)52-30)31-18-51-32(19-50-31)25-12-14-28-29(16-25)54-35(53-28)34(41(4,5)6)56-37(60)43(8)21-45(48,49)23-58(43)39(62)64-10/h11-16,18-19,33-34H,17,20-23H2,1-10H3,(H,53,54)(H,55,59)(H,56,60)/t33-,34-,42?,43?/m1/s1. The maximum atomic E-state index is 14.6. The van der Waals surface area contributed by atoms with Gasteiger partial charge in [0.25, 0.3) is 11.8 Å². The Morgan fingerprint density at radius 2 is 1.22 bits per heavy atom. The van der Waals surface area contributed by atoms with E-state index in [1.807, 2.05) is 71.9 Å². The minimum absolute atomic E-state index is 0.373. The van der Waals surface area contributed by atoms with E-state index in [1.54, 1.807) is 18.5 Å². The predicted octanol–water partition coefficient (Wildman–Crippen LogP) is 7.78. The number of likely N-dealkylation sites (tertiary alicyclic amines) is 2. The van der Waals surface area contributed by atoms with E-state index in [0.29, 0.717) is 46.1 Å². The summed E-state index contributed by atoms with van der Waals surface area (Å²) in [4.78, 5) is 76.3. The second-order valence-corrected chi connectivity index (χ2v) is 19.5. The van der Waals surface area contributed by atoms with Gasteiger partial charge in [-0.25, -0.2) is 32.1 Å². The highest BCUT2D eigenvalue weighted by molar-refractivity contribution is 6.02. The first kappa shape index (κ1) is 45.9. The molecule has 19 heteroatoms. The molecule has 2 aromatic heterocycles. The number of methoxy groups -OCH3 is 2. The topological polar surface area (TPSA) is 184 Å². The molecule has 4 atom stereocenters. The van der Waals surface area contributed by atoms with Crippen LogP contribution in [0, 0.1) is 10.8 Å². The van der Waals surface area contributed by atoms with E-state index >= 15 is 0 Å². The SMILES string of the molecule is COC(=O)N1CC(F)(F)CC1(C)C(=O)N[C@H](C1=Nc2ccc(-c3cnc(-c4ccc5nc([C@@H](NC(=O)C6(C)CC(F)(F)CN6C(=O)OC)C(C)(C)C)[nH]c5c4)cn3)cc2C1)C(C)(C)C. The number of aliphatic imine (C=N–C) groups is 1. The number of ether oxygens (including phenoxy) is 2. The highest BCUT2D eigenvalue weighted by Crippen LogP contribution is 2.43. The molecule has 2 fully saturated rings. The van der Waals surface area contributed by atoms with Gasteiger partial charge < -0.3 is 25.1 Å². The van der Waals surface area contributed by atoms with E-state index in [4.69, 9.17) is 29.4 Å². The Morgan fingerprint density at radius 3 is 1.70 bits per heavy atom. The van der Waals surface area contributed by atoms with Gasteiger partial charge in [0.1, 0.15) is 16.9 Å². The number of aromatic amines is 1. The zero-order chi connectivity index (χ0) is 46.9. The van der Waals surface area contributed by atoms with Gasteiger partial charge in [-0.1, -0.05) is 53.7 Å². The van der Waals surface area contributed by atoms with E-state index in [2.05, 4.69) is 15.6 Å². The molecular weight excluding hydrogens is 839 g/mol. The Morgan fingerprint density at radius 1 is 0.734 bits per heavy atom. The number of hydrogen-bond donors (Lipinski definition) is 3. The molecular formula is C45H53F4N9O6. The second-order valence-electron chi connectivity index (χ2n) is 19.5. The molecule has 3 aliphatic rings. The van der Waals surface area contributed by atoms with Gasteiger partial charge in [0, 0.05) is 36.1 Å². The molecule has 7 rings (SSSR count). The first-order valence-electron chi connectivity index (χ1n) is 20.8. The van der Waals surface area contributed by atoms with Crippen molar-refractivity contribution in [1.29, 1.82) is 0 Å². The van der Waals surface area contributed by atoms with Crippen molar-refractivity contribution in [2.75, 3.05) is 27.3 Å². The average Bonchev–Trinajstić information content (AvgIpc) is 3.96. The number of benzene rings is 2. The van der Waals surface area contributed by atoms with Crippen molar-refractivity contribution in [1.82, 2.24) is 40.4 Å². The van der Waals surface area contributed by atoms with Crippen LogP contribution in [-0.2, 0) is 25.5 Å². The maximum Gasteiger partial charge on any atom is 0.410 e. The number of fused-ring (bicyclic) bond motifs is 2. The van der Waals surface area contributed by atoms with E-state index in [-0.39, 0.29) is 0 Å². The highest BCUT2D eigenvalue weighted by atomic mass is 19.3. The van der Waals surface area contributed by atoms with Gasteiger partial charge >= 0.3 is 12.2 Å². The summed E-state index contributed by atoms with van der Waals surface area (Å²) in [6.07, 6.45) is -0.0795. The van der Waals surface area contributed by atoms with Gasteiger partial charge in [-0.15, -0.1) is 0 Å². The minimum Gasteiger partial charge on any atom is -0.453 e. The monoisotopic (exact) mass is 891 g/mol. The Labute approximate surface area is 367 Å². The van der Waals surface area contributed by atoms with E-state index in [9.17, 15) is 36.7 Å². The molecule has 15 nitrogen and oxygen atoms in total. The summed E-state index contributed by atoms with van der Waals surface area (Å²) in [5.74, 6) is -7.65. The number of alkyl halides is 4. The fraction of sp³-hybridized carbons (Fsp3) is 0.511. The normalized spacial score (nSPS) is 22.4. The maximum absolute atomic E-state index is 14.6. The van der Waals surface area contributed by atoms with Crippen molar-refractivity contribution in [2.24, 2.45) is 15.8 Å². The van der Waals surface area contributed by atoms with Crippen molar-refractivity contribution in [2.45, 2.75) is 110 Å². The third-order valence-corrected chi connectivity index (χ3v) is 12.3. The molecule has 4 amide bonds. The molecule has 2 aromatic carbocycles. The third kappa shape index (κ3) is 8.59. The summed E-state index contributed by atoms with van der Waals surface area (Å²) in [6, 6.07) is 9.72. The molecule has 4 aromatic rings. The number of halogens is 4. The predicted molar refractivity (Wildman–Crippen MR) is 229 cm³/mol. The summed E-state index contributed by atoms with van der Waals surface area (Å²) in [7, 11) is 2.16. The molecule has 5 heterocycles. The average molecular weight is 892 g/mol. The fourth-order valence-corrected chi connectivity index (χ4v) is 8.85. The number of amides is 4. The third-order valence-electron chi connectivity index (χ3n) is 12.3. The Kier molecular flexibility index (Phi) is 11.3. The molecule has 3 N–H and O–H groups in total. The molecule has 64 heavy (non-hydrogen) atoms. The van der Waals surface area contributed by atoms with E-state index in [1.165, 1.54) is 13.8 Å². The summed E-state index contributed by atoms with van der Waals surface area (Å²) < 4.78 is 67.9.